The maximum absolute atomic E-state index is 12.0. The molecule has 3 fully saturated rings. The van der Waals surface area contributed by atoms with Gasteiger partial charge in [-0.1, -0.05) is 0 Å². The maximum atomic E-state index is 12.0. The Bertz CT molecular complexity index is 298. The minimum absolute atomic E-state index is 0.140. The highest BCUT2D eigenvalue weighted by Gasteiger charge is 2.40. The van der Waals surface area contributed by atoms with Gasteiger partial charge in [0.05, 0.1) is 26.4 Å². The number of nitrogens with zero attached hydrogens (tertiary/aromatic N) is 1. The lowest BCUT2D eigenvalue weighted by molar-refractivity contribution is -0.186. The van der Waals surface area contributed by atoms with Crippen molar-refractivity contribution >= 4 is 5.91 Å². The van der Waals surface area contributed by atoms with Gasteiger partial charge in [0.1, 0.15) is 0 Å². The highest BCUT2D eigenvalue weighted by Crippen LogP contribution is 2.39. The van der Waals surface area contributed by atoms with Crippen LogP contribution in [0.5, 0.6) is 0 Å². The van der Waals surface area contributed by atoms with Gasteiger partial charge in [-0.2, -0.15) is 0 Å². The Balaban J connectivity index is 1.46. The number of hydroxylamine groups is 2. The zero-order chi connectivity index (χ0) is 12.4. The third-order valence-corrected chi connectivity index (χ3v) is 4.17. The fraction of sp³-hybridized carbons (Fsp3) is 0.923. The third kappa shape index (κ3) is 2.53. The molecule has 0 N–H and O–H groups in total. The molecule has 2 heterocycles. The molecule has 2 saturated heterocycles. The van der Waals surface area contributed by atoms with Crippen molar-refractivity contribution < 1.29 is 19.1 Å². The SMILES string of the molecule is O=C(CC1CCC2(CC1)OCCO2)N1CCCO1. The molecule has 1 amide bonds. The first kappa shape index (κ1) is 12.4. The van der Waals surface area contributed by atoms with Crippen LogP contribution < -0.4 is 0 Å². The molecule has 1 aliphatic carbocycles. The number of rotatable bonds is 2. The summed E-state index contributed by atoms with van der Waals surface area (Å²) >= 11 is 0. The van der Waals surface area contributed by atoms with Crippen LogP contribution in [0.4, 0.5) is 0 Å². The minimum Gasteiger partial charge on any atom is -0.348 e. The van der Waals surface area contributed by atoms with Crippen LogP contribution in [0.1, 0.15) is 38.5 Å². The predicted molar refractivity (Wildman–Crippen MR) is 63.5 cm³/mol. The van der Waals surface area contributed by atoms with Crippen molar-refractivity contribution in [1.29, 1.82) is 0 Å². The van der Waals surface area contributed by atoms with E-state index in [4.69, 9.17) is 14.3 Å². The van der Waals surface area contributed by atoms with Crippen LogP contribution in [-0.4, -0.2) is 43.1 Å². The van der Waals surface area contributed by atoms with Crippen LogP contribution in [0.15, 0.2) is 0 Å². The Kier molecular flexibility index (Phi) is 3.54. The van der Waals surface area contributed by atoms with Crippen LogP contribution in [0, 0.1) is 5.92 Å². The molecule has 5 nitrogen and oxygen atoms in total. The van der Waals surface area contributed by atoms with Crippen molar-refractivity contribution in [2.45, 2.75) is 44.3 Å². The minimum atomic E-state index is -0.316. The van der Waals surface area contributed by atoms with E-state index in [1.165, 1.54) is 5.06 Å². The molecule has 1 spiro atoms. The Morgan fingerprint density at radius 1 is 1.17 bits per heavy atom. The van der Waals surface area contributed by atoms with Crippen molar-refractivity contribution in [2.75, 3.05) is 26.4 Å². The van der Waals surface area contributed by atoms with Crippen LogP contribution in [0.2, 0.25) is 0 Å². The molecular formula is C13H21NO4. The van der Waals surface area contributed by atoms with E-state index >= 15 is 0 Å². The third-order valence-electron chi connectivity index (χ3n) is 4.17. The Hall–Kier alpha value is -0.650. The van der Waals surface area contributed by atoms with E-state index < -0.39 is 0 Å². The summed E-state index contributed by atoms with van der Waals surface area (Å²) < 4.78 is 11.4. The highest BCUT2D eigenvalue weighted by atomic mass is 16.7. The molecule has 5 heteroatoms. The van der Waals surface area contributed by atoms with Crippen molar-refractivity contribution in [3.05, 3.63) is 0 Å². The van der Waals surface area contributed by atoms with Gasteiger partial charge in [-0.15, -0.1) is 0 Å². The standard InChI is InChI=1S/C13H21NO4/c15-12(14-6-1-7-18-14)10-11-2-4-13(5-3-11)16-8-9-17-13/h11H,1-10H2. The van der Waals surface area contributed by atoms with Crippen LogP contribution in [-0.2, 0) is 19.1 Å². The highest BCUT2D eigenvalue weighted by molar-refractivity contribution is 5.75. The normalized spacial score (nSPS) is 28.1. The van der Waals surface area contributed by atoms with Gasteiger partial charge in [0.2, 0.25) is 5.91 Å². The van der Waals surface area contributed by atoms with Gasteiger partial charge in [-0.05, 0) is 25.2 Å². The molecular weight excluding hydrogens is 234 g/mol. The summed E-state index contributed by atoms with van der Waals surface area (Å²) in [7, 11) is 0. The molecule has 0 radical (unpaired) electrons. The van der Waals surface area contributed by atoms with Gasteiger partial charge in [-0.3, -0.25) is 9.63 Å². The van der Waals surface area contributed by atoms with E-state index in [9.17, 15) is 4.79 Å². The molecule has 1 saturated carbocycles. The Morgan fingerprint density at radius 2 is 1.89 bits per heavy atom. The summed E-state index contributed by atoms with van der Waals surface area (Å²) in [6.07, 6.45) is 5.44. The Morgan fingerprint density at radius 3 is 2.50 bits per heavy atom. The number of carbonyl (C=O) groups excluding carboxylic acids is 1. The monoisotopic (exact) mass is 255 g/mol. The van der Waals surface area contributed by atoms with Gasteiger partial charge >= 0.3 is 0 Å². The second-order valence-corrected chi connectivity index (χ2v) is 5.44. The van der Waals surface area contributed by atoms with Crippen LogP contribution in [0.25, 0.3) is 0 Å². The predicted octanol–water partition coefficient (Wildman–Crippen LogP) is 1.47. The summed E-state index contributed by atoms with van der Waals surface area (Å²) in [6.45, 7) is 2.86. The van der Waals surface area contributed by atoms with E-state index in [-0.39, 0.29) is 11.7 Å². The molecule has 0 unspecified atom stereocenters. The van der Waals surface area contributed by atoms with E-state index in [2.05, 4.69) is 0 Å². The fourth-order valence-corrected chi connectivity index (χ4v) is 3.10. The molecule has 3 rings (SSSR count). The molecule has 18 heavy (non-hydrogen) atoms. The largest absolute Gasteiger partial charge is 0.348 e. The summed E-state index contributed by atoms with van der Waals surface area (Å²) in [5, 5.41) is 1.53. The smallest absolute Gasteiger partial charge is 0.246 e. The lowest BCUT2D eigenvalue weighted by atomic mass is 9.83. The van der Waals surface area contributed by atoms with Crippen LogP contribution >= 0.6 is 0 Å². The average Bonchev–Trinajstić information content (AvgIpc) is 3.04. The molecule has 0 aromatic heterocycles. The van der Waals surface area contributed by atoms with Gasteiger partial charge in [0, 0.05) is 19.3 Å². The van der Waals surface area contributed by atoms with Crippen molar-refractivity contribution in [3.8, 4) is 0 Å². The van der Waals surface area contributed by atoms with E-state index in [1.807, 2.05) is 0 Å². The van der Waals surface area contributed by atoms with Gasteiger partial charge in [0.15, 0.2) is 5.79 Å². The summed E-state index contributed by atoms with van der Waals surface area (Å²) in [5.41, 5.74) is 0. The first-order chi connectivity index (χ1) is 8.77. The molecule has 0 aromatic carbocycles. The number of hydrogen-bond acceptors (Lipinski definition) is 4. The zero-order valence-electron chi connectivity index (χ0n) is 10.7. The number of ether oxygens (including phenoxy) is 2. The number of carbonyl (C=O) groups is 1. The van der Waals surface area contributed by atoms with Gasteiger partial charge in [-0.25, -0.2) is 5.06 Å². The Labute approximate surface area is 107 Å². The molecule has 2 aliphatic heterocycles. The first-order valence-electron chi connectivity index (χ1n) is 6.99. The first-order valence-corrected chi connectivity index (χ1v) is 6.99. The van der Waals surface area contributed by atoms with E-state index in [0.29, 0.717) is 32.2 Å². The topological polar surface area (TPSA) is 48.0 Å². The second kappa shape index (κ2) is 5.15. The summed E-state index contributed by atoms with van der Waals surface area (Å²) in [4.78, 5) is 17.2. The number of amides is 1. The van der Waals surface area contributed by atoms with Crippen molar-refractivity contribution in [1.82, 2.24) is 5.06 Å². The van der Waals surface area contributed by atoms with Crippen molar-refractivity contribution in [3.63, 3.8) is 0 Å². The van der Waals surface area contributed by atoms with E-state index in [0.717, 1.165) is 38.6 Å². The summed E-state index contributed by atoms with van der Waals surface area (Å²) in [5.74, 6) is 0.283. The molecule has 102 valence electrons. The molecule has 0 atom stereocenters. The lowest BCUT2D eigenvalue weighted by Crippen LogP contribution is -2.37. The molecule has 0 bridgehead atoms. The van der Waals surface area contributed by atoms with E-state index in [1.54, 1.807) is 0 Å². The number of hydrogen-bond donors (Lipinski definition) is 0. The zero-order valence-corrected chi connectivity index (χ0v) is 10.7. The van der Waals surface area contributed by atoms with Gasteiger partial charge < -0.3 is 9.47 Å². The summed E-state index contributed by atoms with van der Waals surface area (Å²) in [6, 6.07) is 0. The fourth-order valence-electron chi connectivity index (χ4n) is 3.10. The molecule has 0 aromatic rings. The second-order valence-electron chi connectivity index (χ2n) is 5.44. The average molecular weight is 255 g/mol. The quantitative estimate of drug-likeness (QED) is 0.749. The maximum Gasteiger partial charge on any atom is 0.246 e. The van der Waals surface area contributed by atoms with Crippen LogP contribution in [0.3, 0.4) is 0 Å². The lowest BCUT2D eigenvalue weighted by Gasteiger charge is -2.35. The van der Waals surface area contributed by atoms with Gasteiger partial charge in [0.25, 0.3) is 0 Å². The molecule has 3 aliphatic rings. The van der Waals surface area contributed by atoms with Crippen molar-refractivity contribution in [2.24, 2.45) is 5.92 Å².